The van der Waals surface area contributed by atoms with Crippen molar-refractivity contribution in [2.45, 2.75) is 25.3 Å². The zero-order valence-corrected chi connectivity index (χ0v) is 10.6. The minimum absolute atomic E-state index is 0.0372. The van der Waals surface area contributed by atoms with E-state index in [1.165, 1.54) is 0 Å². The Bertz CT molecular complexity index is 469. The Kier molecular flexibility index (Phi) is 3.22. The molecule has 0 aromatic heterocycles. The van der Waals surface area contributed by atoms with E-state index in [1.807, 2.05) is 0 Å². The molecule has 1 saturated carbocycles. The molecule has 2 fully saturated rings. The van der Waals surface area contributed by atoms with Gasteiger partial charge in [-0.05, 0) is 19.3 Å². The van der Waals surface area contributed by atoms with Gasteiger partial charge in [0, 0.05) is 12.6 Å². The summed E-state index contributed by atoms with van der Waals surface area (Å²) in [6.07, 6.45) is 1.56. The Hall–Kier alpha value is -1.31. The van der Waals surface area contributed by atoms with Crippen LogP contribution in [0.3, 0.4) is 0 Å². The third-order valence-electron chi connectivity index (χ3n) is 3.46. The van der Waals surface area contributed by atoms with E-state index in [0.29, 0.717) is 19.3 Å². The van der Waals surface area contributed by atoms with Crippen molar-refractivity contribution in [3.05, 3.63) is 0 Å². The first-order valence-electron chi connectivity index (χ1n) is 5.81. The molecule has 8 heteroatoms. The number of hydrogen-bond acceptors (Lipinski definition) is 4. The predicted molar refractivity (Wildman–Crippen MR) is 62.9 cm³/mol. The second-order valence-corrected chi connectivity index (χ2v) is 7.24. The normalized spacial score (nSPS) is 27.4. The van der Waals surface area contributed by atoms with Gasteiger partial charge in [0.25, 0.3) is 0 Å². The first-order chi connectivity index (χ1) is 8.33. The molecule has 0 aromatic carbocycles. The van der Waals surface area contributed by atoms with Crippen LogP contribution in [-0.4, -0.2) is 49.6 Å². The van der Waals surface area contributed by atoms with Crippen LogP contribution in [0.4, 0.5) is 4.79 Å². The quantitative estimate of drug-likeness (QED) is 0.631. The zero-order valence-electron chi connectivity index (χ0n) is 9.81. The smallest absolute Gasteiger partial charge is 0.315 e. The minimum Gasteiger partial charge on any atom is -0.481 e. The molecule has 1 heterocycles. The number of urea groups is 1. The van der Waals surface area contributed by atoms with Crippen molar-refractivity contribution < 1.29 is 23.1 Å². The van der Waals surface area contributed by atoms with Gasteiger partial charge in [-0.3, -0.25) is 4.79 Å². The summed E-state index contributed by atoms with van der Waals surface area (Å²) in [5.74, 6) is -0.840. The Morgan fingerprint density at radius 3 is 2.44 bits per heavy atom. The van der Waals surface area contributed by atoms with Crippen LogP contribution in [0.1, 0.15) is 19.3 Å². The maximum absolute atomic E-state index is 11.5. The molecule has 2 amide bonds. The molecule has 0 aromatic rings. The number of hydrogen-bond donors (Lipinski definition) is 3. The number of amides is 2. The lowest BCUT2D eigenvalue weighted by Gasteiger charge is -2.14. The fraction of sp³-hybridized carbons (Fsp3) is 0.800. The van der Waals surface area contributed by atoms with Gasteiger partial charge in [-0.2, -0.15) is 0 Å². The van der Waals surface area contributed by atoms with Crippen molar-refractivity contribution >= 4 is 21.8 Å². The van der Waals surface area contributed by atoms with Crippen LogP contribution in [0.2, 0.25) is 0 Å². The van der Waals surface area contributed by atoms with Crippen molar-refractivity contribution in [3.8, 4) is 0 Å². The monoisotopic (exact) mass is 276 g/mol. The molecule has 18 heavy (non-hydrogen) atoms. The molecule has 1 aliphatic carbocycles. The van der Waals surface area contributed by atoms with E-state index in [9.17, 15) is 18.0 Å². The van der Waals surface area contributed by atoms with E-state index in [2.05, 4.69) is 10.6 Å². The molecule has 7 nitrogen and oxygen atoms in total. The molecule has 0 radical (unpaired) electrons. The number of carbonyl (C=O) groups is 2. The molecule has 1 atom stereocenters. The summed E-state index contributed by atoms with van der Waals surface area (Å²) in [7, 11) is -3.02. The molecule has 1 saturated heterocycles. The van der Waals surface area contributed by atoms with Gasteiger partial charge in [-0.25, -0.2) is 13.2 Å². The topological polar surface area (TPSA) is 113 Å². The van der Waals surface area contributed by atoms with Crippen LogP contribution in [-0.2, 0) is 14.6 Å². The molecular weight excluding hydrogens is 260 g/mol. The number of sulfone groups is 1. The number of aliphatic carboxylic acids is 1. The summed E-state index contributed by atoms with van der Waals surface area (Å²) in [4.78, 5) is 22.4. The van der Waals surface area contributed by atoms with Crippen LogP contribution in [0.15, 0.2) is 0 Å². The summed E-state index contributed by atoms with van der Waals surface area (Å²) in [6.45, 7) is 0.0909. The lowest BCUT2D eigenvalue weighted by atomic mass is 10.1. The summed E-state index contributed by atoms with van der Waals surface area (Å²) >= 11 is 0. The first kappa shape index (κ1) is 13.1. The number of rotatable bonds is 4. The first-order valence-corrected chi connectivity index (χ1v) is 7.63. The van der Waals surface area contributed by atoms with Crippen molar-refractivity contribution in [1.82, 2.24) is 10.6 Å². The van der Waals surface area contributed by atoms with Crippen molar-refractivity contribution in [2.75, 3.05) is 18.1 Å². The van der Waals surface area contributed by atoms with Gasteiger partial charge in [0.1, 0.15) is 0 Å². The van der Waals surface area contributed by atoms with E-state index in [-0.39, 0.29) is 24.1 Å². The second kappa shape index (κ2) is 4.42. The molecule has 0 spiro atoms. The van der Waals surface area contributed by atoms with E-state index in [4.69, 9.17) is 5.11 Å². The van der Waals surface area contributed by atoms with Gasteiger partial charge in [0.05, 0.1) is 16.9 Å². The van der Waals surface area contributed by atoms with Crippen molar-refractivity contribution in [2.24, 2.45) is 5.41 Å². The predicted octanol–water partition coefficient (Wildman–Crippen LogP) is -0.663. The van der Waals surface area contributed by atoms with Gasteiger partial charge in [0.15, 0.2) is 9.84 Å². The Balaban J connectivity index is 1.75. The highest BCUT2D eigenvalue weighted by atomic mass is 32.2. The standard InChI is InChI=1S/C10H16N2O5S/c13-8(14)10(2-3-10)6-11-9(15)12-7-1-4-18(16,17)5-7/h7H,1-6H2,(H,13,14)(H2,11,12,15). The summed E-state index contributed by atoms with van der Waals surface area (Å²) in [5.41, 5.74) is -0.806. The highest BCUT2D eigenvalue weighted by molar-refractivity contribution is 7.91. The highest BCUT2D eigenvalue weighted by Crippen LogP contribution is 2.45. The maximum atomic E-state index is 11.5. The summed E-state index contributed by atoms with van der Waals surface area (Å²) in [6, 6.07) is -0.861. The van der Waals surface area contributed by atoms with Gasteiger partial charge in [0.2, 0.25) is 0 Å². The molecule has 2 rings (SSSR count). The average Bonchev–Trinajstić information content (AvgIpc) is 2.98. The molecule has 0 bridgehead atoms. The van der Waals surface area contributed by atoms with E-state index in [0.717, 1.165) is 0 Å². The van der Waals surface area contributed by atoms with Crippen LogP contribution >= 0.6 is 0 Å². The lowest BCUT2D eigenvalue weighted by Crippen LogP contribution is -2.45. The van der Waals surface area contributed by atoms with Crippen LogP contribution in [0.25, 0.3) is 0 Å². The zero-order chi connectivity index (χ0) is 13.4. The number of carbonyl (C=O) groups excluding carboxylic acids is 1. The van der Waals surface area contributed by atoms with E-state index < -0.39 is 27.3 Å². The maximum Gasteiger partial charge on any atom is 0.315 e. The molecule has 2 aliphatic rings. The van der Waals surface area contributed by atoms with Gasteiger partial charge in [-0.15, -0.1) is 0 Å². The van der Waals surface area contributed by atoms with Gasteiger partial charge < -0.3 is 15.7 Å². The SMILES string of the molecule is O=C(NCC1(C(=O)O)CC1)NC1CCS(=O)(=O)C1. The number of carboxylic acids is 1. The van der Waals surface area contributed by atoms with Crippen LogP contribution < -0.4 is 10.6 Å². The molecule has 1 aliphatic heterocycles. The minimum atomic E-state index is -3.02. The van der Waals surface area contributed by atoms with Crippen LogP contribution in [0, 0.1) is 5.41 Å². The van der Waals surface area contributed by atoms with E-state index >= 15 is 0 Å². The fourth-order valence-electron chi connectivity index (χ4n) is 2.01. The van der Waals surface area contributed by atoms with Crippen molar-refractivity contribution in [1.29, 1.82) is 0 Å². The summed E-state index contributed by atoms with van der Waals surface area (Å²) in [5, 5.41) is 14.0. The average molecular weight is 276 g/mol. The molecular formula is C10H16N2O5S. The Morgan fingerprint density at radius 1 is 1.33 bits per heavy atom. The molecule has 102 valence electrons. The third-order valence-corrected chi connectivity index (χ3v) is 5.23. The lowest BCUT2D eigenvalue weighted by molar-refractivity contribution is -0.143. The third kappa shape index (κ3) is 2.92. The number of nitrogens with one attached hydrogen (secondary N) is 2. The largest absolute Gasteiger partial charge is 0.481 e. The summed E-state index contributed by atoms with van der Waals surface area (Å²) < 4.78 is 22.4. The van der Waals surface area contributed by atoms with E-state index in [1.54, 1.807) is 0 Å². The highest BCUT2D eigenvalue weighted by Gasteiger charge is 2.50. The second-order valence-electron chi connectivity index (χ2n) is 5.01. The molecule has 1 unspecified atom stereocenters. The van der Waals surface area contributed by atoms with Crippen molar-refractivity contribution in [3.63, 3.8) is 0 Å². The van der Waals surface area contributed by atoms with Crippen LogP contribution in [0.5, 0.6) is 0 Å². The Morgan fingerprint density at radius 2 is 2.00 bits per heavy atom. The van der Waals surface area contributed by atoms with Gasteiger partial charge in [-0.1, -0.05) is 0 Å². The number of carboxylic acid groups (broad SMARTS) is 1. The fourth-order valence-corrected chi connectivity index (χ4v) is 3.69. The Labute approximate surface area is 105 Å². The van der Waals surface area contributed by atoms with Gasteiger partial charge >= 0.3 is 12.0 Å². The molecule has 3 N–H and O–H groups in total.